The maximum atomic E-state index is 13.9. The quantitative estimate of drug-likeness (QED) is 0.177. The third-order valence-electron chi connectivity index (χ3n) is 9.02. The van der Waals surface area contributed by atoms with Crippen molar-refractivity contribution >= 4 is 31.4 Å². The monoisotopic (exact) mass is 619 g/mol. The topological polar surface area (TPSA) is 37.4 Å². The van der Waals surface area contributed by atoms with Gasteiger partial charge in [0.1, 0.15) is 8.07 Å². The molecule has 0 unspecified atom stereocenters. The minimum absolute atomic E-state index is 0.352. The van der Waals surface area contributed by atoms with Crippen LogP contribution in [0.3, 0.4) is 0 Å². The first kappa shape index (κ1) is 29.8. The Kier molecular flexibility index (Phi) is 7.46. The van der Waals surface area contributed by atoms with Crippen molar-refractivity contribution in [2.24, 2.45) is 0 Å². The number of hydrogen-bond acceptors (Lipinski definition) is 2. The number of hydrogen-bond donors (Lipinski definition) is 0. The molecule has 6 heteroatoms. The molecule has 4 aromatic carbocycles. The van der Waals surface area contributed by atoms with Crippen LogP contribution in [-0.2, 0) is 35.2 Å². The molecule has 0 saturated heterocycles. The van der Waals surface area contributed by atoms with Gasteiger partial charge >= 0.3 is 0 Å². The van der Waals surface area contributed by atoms with Crippen LogP contribution in [0, 0.1) is 32.2 Å². The van der Waals surface area contributed by atoms with Crippen molar-refractivity contribution in [2.45, 2.75) is 77.0 Å². The van der Waals surface area contributed by atoms with Gasteiger partial charge in [0.05, 0.1) is 13.0 Å². The molecule has 0 radical (unpaired) electrons. The van der Waals surface area contributed by atoms with Crippen molar-refractivity contribution in [1.29, 1.82) is 0 Å². The summed E-state index contributed by atoms with van der Waals surface area (Å²) in [6.45, 7) is 16.6. The van der Waals surface area contributed by atoms with E-state index in [9.17, 15) is 8.42 Å². The molecule has 3 nitrogen and oxygen atoms in total. The van der Waals surface area contributed by atoms with Gasteiger partial charge in [0.15, 0.2) is 0 Å². The highest BCUT2D eigenvalue weighted by molar-refractivity contribution is 7.89. The van der Waals surface area contributed by atoms with Gasteiger partial charge in [-0.05, 0) is 89.6 Å². The zero-order valence-corrected chi connectivity index (χ0v) is 29.2. The number of fused-ring (bicyclic) bond motifs is 4. The summed E-state index contributed by atoms with van der Waals surface area (Å²) in [6.07, 6.45) is 0. The first-order valence-corrected chi connectivity index (χ1v) is 23.0. The van der Waals surface area contributed by atoms with Crippen molar-refractivity contribution < 1.29 is 8.42 Å². The molecule has 0 aromatic heterocycles. The van der Waals surface area contributed by atoms with Gasteiger partial charge in [0.25, 0.3) is 0 Å². The van der Waals surface area contributed by atoms with Crippen LogP contribution in [0.5, 0.6) is 0 Å². The minimum atomic E-state index is -3.64. The molecule has 0 fully saturated rings. The Morgan fingerprint density at radius 2 is 1.42 bits per heavy atom. The summed E-state index contributed by atoms with van der Waals surface area (Å²) >= 11 is 0. The van der Waals surface area contributed by atoms with Crippen LogP contribution in [0.25, 0.3) is 11.1 Å². The van der Waals surface area contributed by atoms with E-state index in [1.807, 2.05) is 19.1 Å². The maximum absolute atomic E-state index is 13.9. The van der Waals surface area contributed by atoms with E-state index in [1.165, 1.54) is 38.6 Å². The van der Waals surface area contributed by atoms with E-state index in [4.69, 9.17) is 0 Å². The highest BCUT2D eigenvalue weighted by Gasteiger charge is 2.40. The summed E-state index contributed by atoms with van der Waals surface area (Å²) in [5.41, 5.74) is 16.0. The van der Waals surface area contributed by atoms with E-state index < -0.39 is 26.2 Å². The van der Waals surface area contributed by atoms with Crippen molar-refractivity contribution in [1.82, 2.24) is 4.31 Å². The van der Waals surface area contributed by atoms with Gasteiger partial charge in [-0.1, -0.05) is 103 Å². The van der Waals surface area contributed by atoms with Gasteiger partial charge < -0.3 is 0 Å². The summed E-state index contributed by atoms with van der Waals surface area (Å²) < 4.78 is 29.4. The summed E-state index contributed by atoms with van der Waals surface area (Å²) in [5.74, 6) is 3.79. The molecule has 2 aliphatic rings. The summed E-state index contributed by atoms with van der Waals surface area (Å²) in [4.78, 5) is 0.352. The summed E-state index contributed by atoms with van der Waals surface area (Å²) in [7, 11) is -7.52. The second-order valence-corrected chi connectivity index (χ2v) is 24.8. The normalized spacial score (nSPS) is 15.7. The molecule has 0 atom stereocenters. The summed E-state index contributed by atoms with van der Waals surface area (Å²) in [6, 6.07) is 27.2. The lowest BCUT2D eigenvalue weighted by molar-refractivity contribution is 0.431. The fourth-order valence-electron chi connectivity index (χ4n) is 6.76. The van der Waals surface area contributed by atoms with Crippen molar-refractivity contribution in [3.05, 3.63) is 117 Å². The van der Waals surface area contributed by atoms with E-state index in [-0.39, 0.29) is 0 Å². The molecule has 0 spiro atoms. The van der Waals surface area contributed by atoms with Crippen LogP contribution in [0.2, 0.25) is 26.2 Å². The van der Waals surface area contributed by atoms with Gasteiger partial charge in [-0.2, -0.15) is 4.31 Å². The van der Waals surface area contributed by atoms with Crippen LogP contribution >= 0.6 is 0 Å². The summed E-state index contributed by atoms with van der Waals surface area (Å²) in [5, 5.41) is 1.41. The van der Waals surface area contributed by atoms with Gasteiger partial charge in [0, 0.05) is 18.7 Å². The average molecular weight is 620 g/mol. The van der Waals surface area contributed by atoms with Crippen LogP contribution < -0.4 is 5.19 Å². The zero-order chi connectivity index (χ0) is 30.7. The molecule has 6 rings (SSSR count). The molecule has 2 heterocycles. The number of rotatable bonds is 4. The smallest absolute Gasteiger partial charge is 0.207 e. The van der Waals surface area contributed by atoms with E-state index in [1.54, 1.807) is 16.4 Å². The molecular formula is C37H41NO2SSi2. The number of aryl methyl sites for hydroxylation is 3. The van der Waals surface area contributed by atoms with Crippen LogP contribution in [0.1, 0.15) is 44.5 Å². The molecule has 4 aromatic rings. The second kappa shape index (κ2) is 10.7. The zero-order valence-electron chi connectivity index (χ0n) is 26.4. The first-order chi connectivity index (χ1) is 20.2. The predicted molar refractivity (Wildman–Crippen MR) is 184 cm³/mol. The number of nitrogens with zero attached hydrogens (tertiary/aromatic N) is 1. The lowest BCUT2D eigenvalue weighted by atomic mass is 9.92. The van der Waals surface area contributed by atoms with Gasteiger partial charge in [-0.25, -0.2) is 8.42 Å². The van der Waals surface area contributed by atoms with Crippen LogP contribution in [-0.4, -0.2) is 28.9 Å². The van der Waals surface area contributed by atoms with Crippen LogP contribution in [0.15, 0.2) is 77.7 Å². The molecular weight excluding hydrogens is 579 g/mol. The van der Waals surface area contributed by atoms with Gasteiger partial charge in [0.2, 0.25) is 10.0 Å². The highest BCUT2D eigenvalue weighted by Crippen LogP contribution is 2.39. The Balaban J connectivity index is 1.50. The van der Waals surface area contributed by atoms with E-state index in [0.717, 1.165) is 34.3 Å². The Morgan fingerprint density at radius 3 is 2.09 bits per heavy atom. The predicted octanol–water partition coefficient (Wildman–Crippen LogP) is 7.38. The lowest BCUT2D eigenvalue weighted by Gasteiger charge is -2.35. The fraction of sp³-hybridized carbons (Fsp3) is 0.297. The Morgan fingerprint density at radius 1 is 0.791 bits per heavy atom. The van der Waals surface area contributed by atoms with Crippen molar-refractivity contribution in [3.8, 4) is 22.6 Å². The second-order valence-electron chi connectivity index (χ2n) is 13.9. The highest BCUT2D eigenvalue weighted by atomic mass is 32.2. The van der Waals surface area contributed by atoms with Gasteiger partial charge in [-0.15, -0.1) is 5.54 Å². The molecule has 0 bridgehead atoms. The standard InChI is InChI=1S/C37H41NO2SSi2/c1-26-8-13-29(14-9-26)24-42(4,5)19-18-33-36-23-38(41(39,40)32-16-11-27(2)12-17-32)22-31(36)21-35-34-20-28(3)10-15-30(34)25-43(6,7)37(33)35/h8-17,20-21H,22-25H2,1-7H3. The van der Waals surface area contributed by atoms with Crippen LogP contribution in [0.4, 0.5) is 0 Å². The molecule has 2 aliphatic heterocycles. The molecule has 0 aliphatic carbocycles. The Bertz CT molecular complexity index is 1910. The Labute approximate surface area is 260 Å². The lowest BCUT2D eigenvalue weighted by Crippen LogP contribution is -2.49. The number of sulfonamides is 1. The molecule has 43 heavy (non-hydrogen) atoms. The Hall–Kier alpha value is -3.22. The van der Waals surface area contributed by atoms with E-state index in [0.29, 0.717) is 18.0 Å². The molecule has 0 N–H and O–H groups in total. The van der Waals surface area contributed by atoms with Crippen molar-refractivity contribution in [2.75, 3.05) is 0 Å². The fourth-order valence-corrected chi connectivity index (χ4v) is 13.2. The third-order valence-corrected chi connectivity index (χ3v) is 16.1. The van der Waals surface area contributed by atoms with Crippen molar-refractivity contribution in [3.63, 3.8) is 0 Å². The largest absolute Gasteiger partial charge is 0.243 e. The van der Waals surface area contributed by atoms with E-state index in [2.05, 4.69) is 100 Å². The maximum Gasteiger partial charge on any atom is 0.243 e. The van der Waals surface area contributed by atoms with E-state index >= 15 is 0 Å². The average Bonchev–Trinajstić information content (AvgIpc) is 3.38. The number of benzene rings is 4. The minimum Gasteiger partial charge on any atom is -0.207 e. The third kappa shape index (κ3) is 5.72. The molecule has 0 amide bonds. The SMILES string of the molecule is Cc1ccc(C[Si](C)(C)C#Cc2c3c(cc4c2[Si](C)(C)Cc2ccc(C)cc2-4)CN(S(=O)(=O)c2ccc(C)cc2)C3)cc1. The molecule has 220 valence electrons. The van der Waals surface area contributed by atoms with Gasteiger partial charge in [-0.3, -0.25) is 0 Å². The molecule has 0 saturated carbocycles. The first-order valence-electron chi connectivity index (χ1n) is 15.2.